The Hall–Kier alpha value is -0.670. The fourth-order valence-electron chi connectivity index (χ4n) is 0.471. The summed E-state index contributed by atoms with van der Waals surface area (Å²) in [5.41, 5.74) is -0.477. The summed E-state index contributed by atoms with van der Waals surface area (Å²) in [4.78, 5) is 11.1. The van der Waals surface area contributed by atoms with Crippen molar-refractivity contribution in [2.24, 2.45) is 5.41 Å². The summed E-state index contributed by atoms with van der Waals surface area (Å²) in [6, 6.07) is 0. The monoisotopic (exact) mass is 278 g/mol. The van der Waals surface area contributed by atoms with Crippen LogP contribution >= 0.6 is 0 Å². The molecule has 122 valence electrons. The highest BCUT2D eigenvalue weighted by molar-refractivity contribution is 5.75. The molecule has 0 radical (unpaired) electrons. The van der Waals surface area contributed by atoms with Crippen LogP contribution in [0.1, 0.15) is 71.8 Å². The maximum Gasteiger partial charge on any atom is 0.311 e. The molecular weight excluding hydrogens is 238 g/mol. The minimum absolute atomic E-state index is 0. The minimum atomic E-state index is -0.606. The van der Waals surface area contributed by atoms with E-state index in [-0.39, 0.29) is 61.8 Å². The Bertz CT molecular complexity index is 138. The van der Waals surface area contributed by atoms with Crippen LogP contribution in [0.4, 0.5) is 9.09 Å². The van der Waals surface area contributed by atoms with Gasteiger partial charge in [-0.2, -0.15) is 0 Å². The van der Waals surface area contributed by atoms with Crippen LogP contribution in [0.5, 0.6) is 0 Å². The summed E-state index contributed by atoms with van der Waals surface area (Å²) < 4.78 is 16.2. The molecule has 0 heterocycles. The van der Waals surface area contributed by atoms with E-state index in [9.17, 15) is 9.18 Å². The Morgan fingerprint density at radius 2 is 1.39 bits per heavy atom. The van der Waals surface area contributed by atoms with E-state index in [0.717, 1.165) is 0 Å². The average Bonchev–Trinajstić information content (AvgIpc) is 2.00. The Balaban J connectivity index is -0.0000000238. The molecule has 0 bridgehead atoms. The molecule has 0 saturated carbocycles. The first-order chi connectivity index (χ1) is 5.04. The third-order valence-corrected chi connectivity index (χ3v) is 1.75. The fraction of sp³-hybridized carbons (Fsp3) is 0.929. The zero-order valence-corrected chi connectivity index (χ0v) is 7.72. The molecule has 18 heavy (non-hydrogen) atoms. The smallest absolute Gasteiger partial charge is 0.311 e. The minimum Gasteiger partial charge on any atom is -0.462 e. The molecule has 0 N–H and O–H groups in total. The number of hydrogen-bond acceptors (Lipinski definition) is 2. The molecule has 0 atom stereocenters. The van der Waals surface area contributed by atoms with Gasteiger partial charge in [-0.15, -0.1) is 0 Å². The largest absolute Gasteiger partial charge is 0.462 e. The molecule has 0 aromatic heterocycles. The molecule has 0 aromatic rings. The highest BCUT2D eigenvalue weighted by Gasteiger charge is 2.26. The number of hydrogen-bond donors (Lipinski definition) is 0. The van der Waals surface area contributed by atoms with E-state index in [1.807, 2.05) is 6.92 Å². The van der Waals surface area contributed by atoms with Crippen LogP contribution < -0.4 is 0 Å². The number of rotatable bonds is 4. The van der Waals surface area contributed by atoms with Gasteiger partial charge in [0, 0.05) is 0 Å². The maximum atomic E-state index is 11.6. The van der Waals surface area contributed by atoms with Crippen molar-refractivity contribution < 1.29 is 18.6 Å². The Morgan fingerprint density at radius 3 is 1.61 bits per heavy atom. The average molecular weight is 278 g/mol. The van der Waals surface area contributed by atoms with Crippen LogP contribution in [0.3, 0.4) is 0 Å². The van der Waals surface area contributed by atoms with Crippen molar-refractivity contribution in [3.05, 3.63) is 0 Å². The van der Waals surface area contributed by atoms with Crippen LogP contribution in [-0.2, 0) is 9.53 Å². The molecule has 0 aromatic carbocycles. The van der Waals surface area contributed by atoms with E-state index in [1.54, 1.807) is 13.8 Å². The second-order valence-corrected chi connectivity index (χ2v) is 3.06. The van der Waals surface area contributed by atoms with E-state index in [4.69, 9.17) is 0 Å². The van der Waals surface area contributed by atoms with Gasteiger partial charge in [-0.1, -0.05) is 51.5 Å². The third-order valence-electron chi connectivity index (χ3n) is 1.75. The summed E-state index contributed by atoms with van der Waals surface area (Å²) in [7, 11) is 0. The zero-order valence-electron chi connectivity index (χ0n) is 7.72. The van der Waals surface area contributed by atoms with Gasteiger partial charge in [0.15, 0.2) is 0 Å². The van der Waals surface area contributed by atoms with E-state index in [1.165, 1.54) is 0 Å². The summed E-state index contributed by atoms with van der Waals surface area (Å²) in [6.45, 7) is 4.74. The molecule has 0 aliphatic heterocycles. The van der Waals surface area contributed by atoms with Crippen molar-refractivity contribution in [2.45, 2.75) is 71.8 Å². The Morgan fingerprint density at radius 1 is 1.06 bits per heavy atom. The molecule has 0 aliphatic rings. The maximum absolute atomic E-state index is 11.6. The number of halogens is 2. The van der Waals surface area contributed by atoms with Crippen molar-refractivity contribution in [3.63, 3.8) is 0 Å². The summed E-state index contributed by atoms with van der Waals surface area (Å²) in [5, 5.41) is 0. The first-order valence-corrected chi connectivity index (χ1v) is 3.77. The lowest BCUT2D eigenvalue weighted by molar-refractivity contribution is -0.154. The Labute approximate surface area is 116 Å². The van der Waals surface area contributed by atoms with Gasteiger partial charge in [0.1, 0.15) is 13.3 Å². The summed E-state index contributed by atoms with van der Waals surface area (Å²) >= 11 is 0. The second-order valence-electron chi connectivity index (χ2n) is 3.06. The van der Waals surface area contributed by atoms with Gasteiger partial charge in [0.25, 0.3) is 0 Å². The molecule has 4 heteroatoms. The molecule has 0 aliphatic carbocycles. The van der Waals surface area contributed by atoms with Crippen molar-refractivity contribution in [3.8, 4) is 0 Å². The van der Waals surface area contributed by atoms with E-state index < -0.39 is 12.1 Å². The van der Waals surface area contributed by atoms with Crippen molar-refractivity contribution in [2.75, 3.05) is 13.3 Å². The van der Waals surface area contributed by atoms with Crippen molar-refractivity contribution in [1.82, 2.24) is 0 Å². The lowest BCUT2D eigenvalue weighted by Crippen LogP contribution is -2.26. The molecule has 0 spiro atoms. The van der Waals surface area contributed by atoms with Gasteiger partial charge in [-0.3, -0.25) is 9.50 Å². The quantitative estimate of drug-likeness (QED) is 0.598. The predicted molar refractivity (Wildman–Crippen MR) is 83.9 cm³/mol. The first kappa shape index (κ1) is 53.1. The first-order valence-electron chi connectivity index (χ1n) is 3.77. The molecule has 0 saturated heterocycles. The summed E-state index contributed by atoms with van der Waals surface area (Å²) in [6.07, 6.45) is 0.706. The number of carbonyl (C=O) groups excluding carboxylic acids is 1. The number of alkyl halides is 1. The van der Waals surface area contributed by atoms with Gasteiger partial charge < -0.3 is 4.74 Å². The number of esters is 1. The van der Waals surface area contributed by atoms with Crippen LogP contribution in [-0.4, -0.2) is 19.3 Å². The SMILES string of the molecule is C.C.C.C.C.C.CCC(C)(C)C(=O)OCCF.F. The van der Waals surface area contributed by atoms with Crippen LogP contribution in [0.25, 0.3) is 0 Å². The van der Waals surface area contributed by atoms with Crippen LogP contribution in [0.15, 0.2) is 0 Å². The fourth-order valence-corrected chi connectivity index (χ4v) is 0.471. The molecular formula is C14H40F2O2. The van der Waals surface area contributed by atoms with Gasteiger partial charge >= 0.3 is 5.97 Å². The van der Waals surface area contributed by atoms with Gasteiger partial charge in [0.05, 0.1) is 5.41 Å². The van der Waals surface area contributed by atoms with E-state index in [0.29, 0.717) is 6.42 Å². The third kappa shape index (κ3) is 20.7. The van der Waals surface area contributed by atoms with Crippen LogP contribution in [0.2, 0.25) is 0 Å². The topological polar surface area (TPSA) is 26.3 Å². The second kappa shape index (κ2) is 25.2. The van der Waals surface area contributed by atoms with Gasteiger partial charge in [-0.25, -0.2) is 4.39 Å². The molecule has 0 fully saturated rings. The van der Waals surface area contributed by atoms with Crippen molar-refractivity contribution >= 4 is 5.97 Å². The predicted octanol–water partition coefficient (Wildman–Crippen LogP) is 5.90. The normalized spacial score (nSPS) is 6.89. The van der Waals surface area contributed by atoms with Gasteiger partial charge in [-0.05, 0) is 20.3 Å². The zero-order chi connectivity index (χ0) is 8.91. The lowest BCUT2D eigenvalue weighted by atomic mass is 9.91. The highest BCUT2D eigenvalue weighted by atomic mass is 19.1. The van der Waals surface area contributed by atoms with E-state index in [2.05, 4.69) is 4.74 Å². The van der Waals surface area contributed by atoms with Gasteiger partial charge in [0.2, 0.25) is 0 Å². The molecule has 0 rings (SSSR count). The number of ether oxygens (including phenoxy) is 1. The highest BCUT2D eigenvalue weighted by Crippen LogP contribution is 2.21. The Kier molecular flexibility index (Phi) is 74.5. The van der Waals surface area contributed by atoms with E-state index >= 15 is 0 Å². The molecule has 0 amide bonds. The molecule has 2 nitrogen and oxygen atoms in total. The lowest BCUT2D eigenvalue weighted by Gasteiger charge is -2.19. The molecule has 0 unspecified atom stereocenters. The van der Waals surface area contributed by atoms with Crippen LogP contribution in [0, 0.1) is 5.41 Å². The van der Waals surface area contributed by atoms with Crippen molar-refractivity contribution in [1.29, 1.82) is 0 Å². The number of carbonyl (C=O) groups is 1. The standard InChI is InChI=1S/C8H15FO2.6CH4.FH/c1-4-8(2,3)7(10)11-6-5-9;;;;;;;/h4-6H2,1-3H3;6*1H4;1H. The summed E-state index contributed by atoms with van der Waals surface area (Å²) in [5.74, 6) is -0.322.